The highest BCUT2D eigenvalue weighted by Gasteiger charge is 2.24. The molecule has 1 heterocycles. The van der Waals surface area contributed by atoms with Gasteiger partial charge in [0.05, 0.1) is 29.1 Å². The molecule has 4 aromatic rings. The lowest BCUT2D eigenvalue weighted by molar-refractivity contribution is -0.139. The van der Waals surface area contributed by atoms with Crippen molar-refractivity contribution in [2.75, 3.05) is 0 Å². The highest BCUT2D eigenvalue weighted by molar-refractivity contribution is 5.87. The number of H-pyrrole nitrogens is 1. The molecule has 0 unspecified atom stereocenters. The largest absolute Gasteiger partial charge is 0.481 e. The number of rotatable bonds is 6. The summed E-state index contributed by atoms with van der Waals surface area (Å²) in [6.07, 6.45) is 1.18. The van der Waals surface area contributed by atoms with Gasteiger partial charge in [0.15, 0.2) is 0 Å². The maximum atomic E-state index is 11.2. The number of hydrogen-bond acceptors (Lipinski definition) is 3. The van der Waals surface area contributed by atoms with Gasteiger partial charge in [-0.1, -0.05) is 56.3 Å². The van der Waals surface area contributed by atoms with Crippen molar-refractivity contribution >= 4 is 27.8 Å². The summed E-state index contributed by atoms with van der Waals surface area (Å²) in [5, 5.41) is 21.2. The number of nitrogens with one attached hydrogen (secondary N) is 1. The first-order valence-corrected chi connectivity index (χ1v) is 9.95. The van der Waals surface area contributed by atoms with E-state index >= 15 is 0 Å². The number of aromatic amines is 1. The molecule has 0 spiro atoms. The van der Waals surface area contributed by atoms with Crippen LogP contribution in [0.3, 0.4) is 0 Å². The quantitative estimate of drug-likeness (QED) is 0.467. The fourth-order valence-corrected chi connectivity index (χ4v) is 4.11. The number of nitriles is 1. The molecule has 0 aliphatic heterocycles. The number of fused-ring (bicyclic) bond motifs is 2. The van der Waals surface area contributed by atoms with Crippen molar-refractivity contribution in [1.29, 1.82) is 5.26 Å². The summed E-state index contributed by atoms with van der Waals surface area (Å²) < 4.78 is 0. The van der Waals surface area contributed by atoms with E-state index in [2.05, 4.69) is 35.3 Å². The van der Waals surface area contributed by atoms with E-state index < -0.39 is 11.4 Å². The van der Waals surface area contributed by atoms with Crippen LogP contribution in [0.25, 0.3) is 21.8 Å². The Morgan fingerprint density at radius 3 is 2.67 bits per heavy atom. The van der Waals surface area contributed by atoms with Gasteiger partial charge in [0.25, 0.3) is 0 Å². The second-order valence-electron chi connectivity index (χ2n) is 8.51. The first-order valence-electron chi connectivity index (χ1n) is 9.95. The van der Waals surface area contributed by atoms with E-state index in [4.69, 9.17) is 10.1 Å². The number of benzene rings is 3. The van der Waals surface area contributed by atoms with Gasteiger partial charge in [-0.3, -0.25) is 4.79 Å². The zero-order valence-electron chi connectivity index (χ0n) is 17.1. The first-order chi connectivity index (χ1) is 14.4. The smallest absolute Gasteiger partial charge is 0.303 e. The molecule has 0 amide bonds. The second kappa shape index (κ2) is 7.64. The molecule has 0 radical (unpaired) electrons. The number of carbonyl (C=O) groups is 1. The van der Waals surface area contributed by atoms with E-state index in [-0.39, 0.29) is 6.42 Å². The molecule has 5 nitrogen and oxygen atoms in total. The van der Waals surface area contributed by atoms with Gasteiger partial charge in [-0.25, -0.2) is 4.98 Å². The second-order valence-corrected chi connectivity index (χ2v) is 8.51. The fraction of sp³-hybridized carbons (Fsp3) is 0.240. The fourth-order valence-electron chi connectivity index (χ4n) is 4.11. The van der Waals surface area contributed by atoms with Gasteiger partial charge < -0.3 is 10.1 Å². The number of aliphatic carboxylic acids is 1. The van der Waals surface area contributed by atoms with E-state index in [1.54, 1.807) is 0 Å². The van der Waals surface area contributed by atoms with Crippen LogP contribution in [-0.2, 0) is 17.6 Å². The van der Waals surface area contributed by atoms with Gasteiger partial charge >= 0.3 is 5.97 Å². The molecular formula is C25H23N3O2. The van der Waals surface area contributed by atoms with Crippen molar-refractivity contribution in [1.82, 2.24) is 9.97 Å². The molecule has 1 aromatic heterocycles. The van der Waals surface area contributed by atoms with Gasteiger partial charge in [0.2, 0.25) is 0 Å². The lowest BCUT2D eigenvalue weighted by atomic mass is 9.85. The van der Waals surface area contributed by atoms with Crippen LogP contribution in [-0.4, -0.2) is 21.0 Å². The molecule has 0 aliphatic rings. The van der Waals surface area contributed by atoms with Crippen LogP contribution in [0.2, 0.25) is 0 Å². The van der Waals surface area contributed by atoms with E-state index in [1.165, 1.54) is 10.8 Å². The summed E-state index contributed by atoms with van der Waals surface area (Å²) in [5.41, 5.74) is 3.87. The van der Waals surface area contributed by atoms with Crippen LogP contribution in [0.4, 0.5) is 0 Å². The van der Waals surface area contributed by atoms with Crippen LogP contribution >= 0.6 is 0 Å². The van der Waals surface area contributed by atoms with Crippen LogP contribution in [0.1, 0.15) is 42.8 Å². The van der Waals surface area contributed by atoms with Crippen molar-refractivity contribution in [3.05, 3.63) is 77.1 Å². The molecule has 0 fully saturated rings. The highest BCUT2D eigenvalue weighted by Crippen LogP contribution is 2.30. The standard InChI is InChI=1S/C25H23N3O2/c1-25(2,14-23(29)30)13-22-27-21-11-10-18(15-26)20(24(21)28-22)12-17-8-5-7-16-6-3-4-9-19(16)17/h3-11H,12-14H2,1-2H3,(H,27,28)(H,29,30). The lowest BCUT2D eigenvalue weighted by Crippen LogP contribution is -2.20. The van der Waals surface area contributed by atoms with Crippen molar-refractivity contribution in [3.63, 3.8) is 0 Å². The molecule has 3 aromatic carbocycles. The Labute approximate surface area is 175 Å². The third-order valence-electron chi connectivity index (χ3n) is 5.45. The summed E-state index contributed by atoms with van der Waals surface area (Å²) in [7, 11) is 0. The van der Waals surface area contributed by atoms with E-state index in [0.29, 0.717) is 18.4 Å². The Kier molecular flexibility index (Phi) is 5.01. The number of imidazole rings is 1. The molecular weight excluding hydrogens is 374 g/mol. The number of nitrogens with zero attached hydrogens (tertiary/aromatic N) is 2. The van der Waals surface area contributed by atoms with Crippen LogP contribution in [0, 0.1) is 16.7 Å². The summed E-state index contributed by atoms with van der Waals surface area (Å²) in [6.45, 7) is 3.85. The molecule has 5 heteroatoms. The van der Waals surface area contributed by atoms with E-state index in [0.717, 1.165) is 28.0 Å². The number of carboxylic acid groups (broad SMARTS) is 1. The Hall–Kier alpha value is -3.65. The average molecular weight is 397 g/mol. The Morgan fingerprint density at radius 1 is 1.13 bits per heavy atom. The molecule has 0 bridgehead atoms. The van der Waals surface area contributed by atoms with Crippen LogP contribution in [0.15, 0.2) is 54.6 Å². The number of carboxylic acids is 1. The zero-order chi connectivity index (χ0) is 21.3. The molecule has 150 valence electrons. The summed E-state index contributed by atoms with van der Waals surface area (Å²) in [5.74, 6) is -0.0787. The first kappa shape index (κ1) is 19.7. The molecule has 0 aliphatic carbocycles. The predicted molar refractivity (Wildman–Crippen MR) is 117 cm³/mol. The summed E-state index contributed by atoms with van der Waals surface area (Å²) in [6, 6.07) is 20.4. The minimum absolute atomic E-state index is 0.0658. The third kappa shape index (κ3) is 3.90. The topological polar surface area (TPSA) is 89.8 Å². The molecule has 30 heavy (non-hydrogen) atoms. The maximum absolute atomic E-state index is 11.2. The normalized spacial score (nSPS) is 11.6. The van der Waals surface area contributed by atoms with Gasteiger partial charge in [-0.15, -0.1) is 0 Å². The van der Waals surface area contributed by atoms with Gasteiger partial charge in [0, 0.05) is 18.4 Å². The van der Waals surface area contributed by atoms with Crippen molar-refractivity contribution in [3.8, 4) is 6.07 Å². The van der Waals surface area contributed by atoms with Crippen LogP contribution < -0.4 is 0 Å². The van der Waals surface area contributed by atoms with E-state index in [1.807, 2.05) is 44.2 Å². The minimum atomic E-state index is -0.820. The van der Waals surface area contributed by atoms with Crippen LogP contribution in [0.5, 0.6) is 0 Å². The minimum Gasteiger partial charge on any atom is -0.481 e. The Morgan fingerprint density at radius 2 is 1.90 bits per heavy atom. The van der Waals surface area contributed by atoms with Gasteiger partial charge in [-0.2, -0.15) is 5.26 Å². The van der Waals surface area contributed by atoms with Crippen molar-refractivity contribution in [2.45, 2.75) is 33.1 Å². The Balaban J connectivity index is 1.78. The molecule has 0 saturated heterocycles. The molecule has 0 saturated carbocycles. The summed E-state index contributed by atoms with van der Waals surface area (Å²) in [4.78, 5) is 19.3. The molecule has 4 rings (SSSR count). The SMILES string of the molecule is CC(C)(CC(=O)O)Cc1nc2c(Cc3cccc4ccccc34)c(C#N)ccc2[nH]1. The van der Waals surface area contributed by atoms with E-state index in [9.17, 15) is 10.1 Å². The van der Waals surface area contributed by atoms with Crippen molar-refractivity contribution < 1.29 is 9.90 Å². The van der Waals surface area contributed by atoms with Gasteiger partial charge in [-0.05, 0) is 33.9 Å². The van der Waals surface area contributed by atoms with Gasteiger partial charge in [0.1, 0.15) is 5.82 Å². The average Bonchev–Trinajstić information content (AvgIpc) is 3.09. The maximum Gasteiger partial charge on any atom is 0.303 e. The highest BCUT2D eigenvalue weighted by atomic mass is 16.4. The summed E-state index contributed by atoms with van der Waals surface area (Å²) >= 11 is 0. The molecule has 2 N–H and O–H groups in total. The lowest BCUT2D eigenvalue weighted by Gasteiger charge is -2.20. The Bertz CT molecular complexity index is 1290. The zero-order valence-corrected chi connectivity index (χ0v) is 17.1. The molecule has 0 atom stereocenters. The number of hydrogen-bond donors (Lipinski definition) is 2. The predicted octanol–water partition coefficient (Wildman–Crippen LogP) is 5.22. The van der Waals surface area contributed by atoms with Crippen molar-refractivity contribution in [2.24, 2.45) is 5.41 Å². The third-order valence-corrected chi connectivity index (χ3v) is 5.45. The number of aromatic nitrogens is 2. The monoisotopic (exact) mass is 397 g/mol.